The molecule has 0 amide bonds. The third-order valence-electron chi connectivity index (χ3n) is 1.47. The highest BCUT2D eigenvalue weighted by Crippen LogP contribution is 2.04. The molecule has 7 heteroatoms. The summed E-state index contributed by atoms with van der Waals surface area (Å²) in [5.74, 6) is 0. The Hall–Kier alpha value is -0.240. The third-order valence-corrected chi connectivity index (χ3v) is 1.59. The van der Waals surface area contributed by atoms with E-state index in [2.05, 4.69) is 4.29 Å². The summed E-state index contributed by atoms with van der Waals surface area (Å²) in [6.07, 6.45) is -6.64. The molecule has 0 saturated heterocycles. The molecule has 13 heavy (non-hydrogen) atoms. The number of hydrogen-bond acceptors (Lipinski definition) is 6. The van der Waals surface area contributed by atoms with Crippen molar-refractivity contribution in [1.29, 1.82) is 0 Å². The second-order valence-electron chi connectivity index (χ2n) is 2.45. The van der Waals surface area contributed by atoms with Gasteiger partial charge in [0.25, 0.3) is 0 Å². The quantitative estimate of drug-likeness (QED) is 0.374. The number of rotatable bonds is 6. The zero-order valence-corrected chi connectivity index (χ0v) is 7.33. The van der Waals surface area contributed by atoms with Crippen molar-refractivity contribution in [1.82, 2.24) is 0 Å². The van der Waals surface area contributed by atoms with Gasteiger partial charge >= 0.3 is 0 Å². The molecule has 0 bridgehead atoms. The first-order valence-corrected chi connectivity index (χ1v) is 3.76. The topological polar surface area (TPSA) is 107 Å². The highest BCUT2D eigenvalue weighted by atomic mass is 35.5. The number of aliphatic hydroxyl groups is 4. The largest absolute Gasteiger partial charge is 0.388 e. The van der Waals surface area contributed by atoms with Gasteiger partial charge in [-0.1, -0.05) is 0 Å². The van der Waals surface area contributed by atoms with Gasteiger partial charge in [0.2, 0.25) is 0 Å². The third kappa shape index (κ3) is 3.99. The second kappa shape index (κ2) is 6.25. The van der Waals surface area contributed by atoms with E-state index >= 15 is 0 Å². The minimum absolute atomic E-state index is 0.0438. The fourth-order valence-corrected chi connectivity index (χ4v) is 0.802. The van der Waals surface area contributed by atoms with Gasteiger partial charge in [-0.25, -0.2) is 0 Å². The minimum Gasteiger partial charge on any atom is -0.388 e. The molecule has 0 rings (SSSR count). The average Bonchev–Trinajstić information content (AvgIpc) is 2.14. The van der Waals surface area contributed by atoms with Gasteiger partial charge in [-0.05, 0) is 0 Å². The minimum atomic E-state index is -1.76. The SMILES string of the molecule is O=C[C@H](O)[C@@H](O)[C@H](O)[C@H](O)COCl. The molecular weight excluding hydrogens is 204 g/mol. The Kier molecular flexibility index (Phi) is 6.13. The molecule has 0 heterocycles. The molecule has 0 aliphatic carbocycles. The van der Waals surface area contributed by atoms with Crippen molar-refractivity contribution in [3.8, 4) is 0 Å². The van der Waals surface area contributed by atoms with Crippen LogP contribution >= 0.6 is 11.9 Å². The highest BCUT2D eigenvalue weighted by Gasteiger charge is 2.30. The molecule has 0 radical (unpaired) electrons. The van der Waals surface area contributed by atoms with Crippen molar-refractivity contribution >= 4 is 18.2 Å². The van der Waals surface area contributed by atoms with E-state index in [4.69, 9.17) is 32.3 Å². The summed E-state index contributed by atoms with van der Waals surface area (Å²) in [5, 5.41) is 35.8. The molecular formula is C6H11ClO6. The van der Waals surface area contributed by atoms with Gasteiger partial charge in [-0.15, -0.1) is 0 Å². The van der Waals surface area contributed by atoms with E-state index in [0.29, 0.717) is 0 Å². The first kappa shape index (κ1) is 12.8. The van der Waals surface area contributed by atoms with Crippen LogP contribution in [0.15, 0.2) is 0 Å². The lowest BCUT2D eigenvalue weighted by Crippen LogP contribution is -2.46. The smallest absolute Gasteiger partial charge is 0.151 e. The van der Waals surface area contributed by atoms with E-state index in [1.165, 1.54) is 0 Å². The number of hydrogen-bond donors (Lipinski definition) is 4. The number of carbonyl (C=O) groups is 1. The maximum absolute atomic E-state index is 9.97. The highest BCUT2D eigenvalue weighted by molar-refractivity contribution is 6.07. The van der Waals surface area contributed by atoms with Crippen LogP contribution in [0.5, 0.6) is 0 Å². The number of aliphatic hydroxyl groups excluding tert-OH is 4. The zero-order chi connectivity index (χ0) is 10.4. The van der Waals surface area contributed by atoms with Crippen LogP contribution in [0.1, 0.15) is 0 Å². The van der Waals surface area contributed by atoms with E-state index in [9.17, 15) is 4.79 Å². The molecule has 0 aliphatic heterocycles. The fourth-order valence-electron chi connectivity index (χ4n) is 0.673. The Morgan fingerprint density at radius 3 is 2.15 bits per heavy atom. The summed E-state index contributed by atoms with van der Waals surface area (Å²) < 4.78 is 3.97. The summed E-state index contributed by atoms with van der Waals surface area (Å²) in [4.78, 5) is 9.97. The molecule has 0 unspecified atom stereocenters. The summed E-state index contributed by atoms with van der Waals surface area (Å²) in [5.41, 5.74) is 0. The van der Waals surface area contributed by atoms with Gasteiger partial charge in [0.05, 0.1) is 18.5 Å². The van der Waals surface area contributed by atoms with Gasteiger partial charge in [-0.2, -0.15) is 0 Å². The fraction of sp³-hybridized carbons (Fsp3) is 0.833. The molecule has 6 nitrogen and oxygen atoms in total. The molecule has 4 atom stereocenters. The zero-order valence-electron chi connectivity index (χ0n) is 6.58. The van der Waals surface area contributed by atoms with Gasteiger partial charge in [-0.3, -0.25) is 4.29 Å². The summed E-state index contributed by atoms with van der Waals surface area (Å²) >= 11 is 4.77. The molecule has 0 aromatic heterocycles. The van der Waals surface area contributed by atoms with Crippen molar-refractivity contribution in [2.75, 3.05) is 6.61 Å². The maximum Gasteiger partial charge on any atom is 0.151 e. The van der Waals surface area contributed by atoms with Crippen LogP contribution in [0.3, 0.4) is 0 Å². The Morgan fingerprint density at radius 1 is 1.23 bits per heavy atom. The van der Waals surface area contributed by atoms with E-state index < -0.39 is 31.0 Å². The standard InChI is InChI=1S/C6H11ClO6/c7-13-2-4(10)6(12)5(11)3(9)1-8/h1,3-6,9-12H,2H2/t3-,4+,5+,6+/m0/s1. The Labute approximate surface area is 79.5 Å². The van der Waals surface area contributed by atoms with Gasteiger partial charge in [0, 0.05) is 0 Å². The van der Waals surface area contributed by atoms with Gasteiger partial charge in [0.15, 0.2) is 6.29 Å². The maximum atomic E-state index is 9.97. The normalized spacial score (nSPS) is 20.4. The molecule has 0 saturated carbocycles. The van der Waals surface area contributed by atoms with Crippen molar-refractivity contribution in [3.05, 3.63) is 0 Å². The molecule has 0 spiro atoms. The molecule has 4 N–H and O–H groups in total. The van der Waals surface area contributed by atoms with Crippen molar-refractivity contribution in [2.24, 2.45) is 0 Å². The summed E-state index contributed by atoms with van der Waals surface area (Å²) in [6.45, 7) is -0.425. The Balaban J connectivity index is 4.06. The van der Waals surface area contributed by atoms with Crippen LogP contribution in [0.25, 0.3) is 0 Å². The van der Waals surface area contributed by atoms with E-state index in [-0.39, 0.29) is 6.29 Å². The van der Waals surface area contributed by atoms with Crippen LogP contribution in [-0.2, 0) is 9.08 Å². The first-order chi connectivity index (χ1) is 6.04. The molecule has 0 aliphatic rings. The summed E-state index contributed by atoms with van der Waals surface area (Å²) in [7, 11) is 0. The molecule has 0 fully saturated rings. The van der Waals surface area contributed by atoms with Gasteiger partial charge in [0.1, 0.15) is 24.4 Å². The second-order valence-corrected chi connectivity index (χ2v) is 2.67. The van der Waals surface area contributed by atoms with Crippen LogP contribution in [0.2, 0.25) is 0 Å². The summed E-state index contributed by atoms with van der Waals surface area (Å²) in [6, 6.07) is 0. The number of halogens is 1. The predicted molar refractivity (Wildman–Crippen MR) is 41.9 cm³/mol. The van der Waals surface area contributed by atoms with Gasteiger partial charge < -0.3 is 25.2 Å². The van der Waals surface area contributed by atoms with Crippen LogP contribution < -0.4 is 0 Å². The first-order valence-electron chi connectivity index (χ1n) is 3.45. The lowest BCUT2D eigenvalue weighted by atomic mass is 10.0. The van der Waals surface area contributed by atoms with E-state index in [1.807, 2.05) is 0 Å². The van der Waals surface area contributed by atoms with Crippen LogP contribution in [0, 0.1) is 0 Å². The Morgan fingerprint density at radius 2 is 1.77 bits per heavy atom. The average molecular weight is 215 g/mol. The molecule has 0 aromatic rings. The van der Waals surface area contributed by atoms with E-state index in [0.717, 1.165) is 0 Å². The monoisotopic (exact) mass is 214 g/mol. The molecule has 78 valence electrons. The van der Waals surface area contributed by atoms with Crippen molar-refractivity contribution in [3.63, 3.8) is 0 Å². The predicted octanol–water partition coefficient (Wildman–Crippen LogP) is -2.20. The Bertz CT molecular complexity index is 154. The number of carbonyl (C=O) groups excluding carboxylic acids is 1. The number of aldehydes is 1. The van der Waals surface area contributed by atoms with Crippen molar-refractivity contribution in [2.45, 2.75) is 24.4 Å². The van der Waals surface area contributed by atoms with Crippen molar-refractivity contribution < 1.29 is 29.5 Å². The van der Waals surface area contributed by atoms with E-state index in [1.54, 1.807) is 0 Å². The van der Waals surface area contributed by atoms with Crippen LogP contribution in [-0.4, -0.2) is 57.7 Å². The molecule has 0 aromatic carbocycles. The lowest BCUT2D eigenvalue weighted by Gasteiger charge is -2.22. The lowest BCUT2D eigenvalue weighted by molar-refractivity contribution is -0.135. The van der Waals surface area contributed by atoms with Crippen LogP contribution in [0.4, 0.5) is 0 Å².